The molecule has 0 aliphatic rings. The molecule has 0 heterocycles. The van der Waals surface area contributed by atoms with Crippen molar-refractivity contribution in [2.24, 2.45) is 0 Å². The van der Waals surface area contributed by atoms with Crippen molar-refractivity contribution >= 4 is 27.8 Å². The minimum atomic E-state index is -3.56. The lowest BCUT2D eigenvalue weighted by Crippen LogP contribution is -2.23. The zero-order valence-corrected chi connectivity index (χ0v) is 22.9. The predicted molar refractivity (Wildman–Crippen MR) is 150 cm³/mol. The lowest BCUT2D eigenvalue weighted by molar-refractivity contribution is -0.141. The van der Waals surface area contributed by atoms with Crippen LogP contribution in [0.3, 0.4) is 0 Å². The van der Waals surface area contributed by atoms with E-state index in [0.717, 1.165) is 35.1 Å². The number of hydrogen-bond donors (Lipinski definition) is 1. The summed E-state index contributed by atoms with van der Waals surface area (Å²) in [6, 6.07) is 21.6. The van der Waals surface area contributed by atoms with Gasteiger partial charge >= 0.3 is 16.1 Å². The molecule has 202 valence electrons. The Labute approximate surface area is 228 Å². The molecule has 0 amide bonds. The van der Waals surface area contributed by atoms with Gasteiger partial charge in [-0.3, -0.25) is 4.79 Å². The average molecular weight is 557 g/mol. The zero-order chi connectivity index (χ0) is 27.4. The van der Waals surface area contributed by atoms with Crippen molar-refractivity contribution in [2.45, 2.75) is 24.5 Å². The third-order valence-electron chi connectivity index (χ3n) is 5.43. The number of aryl methyl sites for hydroxylation is 1. The van der Waals surface area contributed by atoms with Crippen molar-refractivity contribution in [3.05, 3.63) is 102 Å². The van der Waals surface area contributed by atoms with Crippen molar-refractivity contribution in [2.75, 3.05) is 25.2 Å². The van der Waals surface area contributed by atoms with E-state index in [1.807, 2.05) is 36.4 Å². The van der Waals surface area contributed by atoms with Crippen molar-refractivity contribution in [3.63, 3.8) is 0 Å². The van der Waals surface area contributed by atoms with E-state index in [1.165, 1.54) is 0 Å². The predicted octanol–water partition coefficient (Wildman–Crippen LogP) is 4.97. The number of aromatic hydroxyl groups is 1. The van der Waals surface area contributed by atoms with E-state index < -0.39 is 10.1 Å². The number of carbonyl (C=O) groups is 1. The lowest BCUT2D eigenvalue weighted by atomic mass is 10.1. The van der Waals surface area contributed by atoms with Crippen molar-refractivity contribution in [3.8, 4) is 17.2 Å². The van der Waals surface area contributed by atoms with Gasteiger partial charge in [-0.05, 0) is 71.7 Å². The van der Waals surface area contributed by atoms with E-state index in [0.29, 0.717) is 25.2 Å². The standard InChI is InChI=1S/C29H32O7S2/c1-3-18-35-29(31)28(37-20-17-23-8-10-25(30)11-9-23)21-24-6-4-22(5-7-24)16-19-34-26-12-14-27(15-13-26)36-38(2,32)33/h3-15,28,30H,1,16-21H2,2H3. The number of phenolic OH excluding ortho intramolecular Hbond substituents is 1. The maximum atomic E-state index is 12.6. The van der Waals surface area contributed by atoms with Gasteiger partial charge in [0.2, 0.25) is 0 Å². The van der Waals surface area contributed by atoms with Crippen LogP contribution in [0.25, 0.3) is 0 Å². The molecule has 0 radical (unpaired) electrons. The number of benzene rings is 3. The molecule has 0 bridgehead atoms. The van der Waals surface area contributed by atoms with E-state index in [2.05, 4.69) is 6.58 Å². The highest BCUT2D eigenvalue weighted by molar-refractivity contribution is 8.00. The summed E-state index contributed by atoms with van der Waals surface area (Å²) in [5, 5.41) is 9.11. The summed E-state index contributed by atoms with van der Waals surface area (Å²) in [5.74, 6) is 1.58. The molecular formula is C29H32O7S2. The molecule has 1 atom stereocenters. The molecule has 0 saturated carbocycles. The fourth-order valence-corrected chi connectivity index (χ4v) is 5.15. The highest BCUT2D eigenvalue weighted by atomic mass is 32.2. The molecule has 0 aliphatic heterocycles. The topological polar surface area (TPSA) is 99.1 Å². The summed E-state index contributed by atoms with van der Waals surface area (Å²) in [4.78, 5) is 12.6. The second-order valence-electron chi connectivity index (χ2n) is 8.57. The first kappa shape index (κ1) is 29.1. The zero-order valence-electron chi connectivity index (χ0n) is 21.2. The fourth-order valence-electron chi connectivity index (χ4n) is 3.53. The minimum Gasteiger partial charge on any atom is -0.508 e. The molecule has 9 heteroatoms. The number of phenols is 1. The van der Waals surface area contributed by atoms with Gasteiger partial charge in [0.25, 0.3) is 0 Å². The SMILES string of the molecule is C=CCOC(=O)C(Cc1ccc(CCOc2ccc(OS(C)(=O)=O)cc2)cc1)SCCc1ccc(O)cc1. The van der Waals surface area contributed by atoms with E-state index >= 15 is 0 Å². The lowest BCUT2D eigenvalue weighted by Gasteiger charge is -2.16. The van der Waals surface area contributed by atoms with Crippen LogP contribution in [0.5, 0.6) is 17.2 Å². The maximum Gasteiger partial charge on any atom is 0.319 e. The first-order valence-electron chi connectivity index (χ1n) is 12.1. The van der Waals surface area contributed by atoms with Gasteiger partial charge in [0.05, 0.1) is 12.9 Å². The number of carbonyl (C=O) groups excluding carboxylic acids is 1. The van der Waals surface area contributed by atoms with E-state index in [4.69, 9.17) is 13.7 Å². The van der Waals surface area contributed by atoms with Gasteiger partial charge in [-0.1, -0.05) is 49.1 Å². The van der Waals surface area contributed by atoms with Crippen molar-refractivity contribution in [1.82, 2.24) is 0 Å². The summed E-state index contributed by atoms with van der Waals surface area (Å²) in [6.07, 6.45) is 4.58. The van der Waals surface area contributed by atoms with E-state index in [9.17, 15) is 18.3 Å². The Morgan fingerprint density at radius 2 is 1.50 bits per heavy atom. The normalized spacial score (nSPS) is 11.9. The largest absolute Gasteiger partial charge is 0.508 e. The van der Waals surface area contributed by atoms with Gasteiger partial charge in [0, 0.05) is 6.42 Å². The second-order valence-corrected chi connectivity index (χ2v) is 11.5. The van der Waals surface area contributed by atoms with Crippen LogP contribution in [0.1, 0.15) is 16.7 Å². The molecule has 0 spiro atoms. The first-order valence-corrected chi connectivity index (χ1v) is 15.0. The minimum absolute atomic E-state index is 0.181. The average Bonchev–Trinajstić information content (AvgIpc) is 2.89. The van der Waals surface area contributed by atoms with Crippen LogP contribution in [0.15, 0.2) is 85.5 Å². The van der Waals surface area contributed by atoms with Crippen molar-refractivity contribution < 1.29 is 32.0 Å². The second kappa shape index (κ2) is 14.5. The number of rotatable bonds is 15. The smallest absolute Gasteiger partial charge is 0.319 e. The molecule has 38 heavy (non-hydrogen) atoms. The fraction of sp³-hybridized carbons (Fsp3) is 0.276. The van der Waals surface area contributed by atoms with Crippen LogP contribution in [0.4, 0.5) is 0 Å². The molecule has 0 aromatic heterocycles. The third kappa shape index (κ3) is 10.5. The van der Waals surface area contributed by atoms with Gasteiger partial charge in [-0.2, -0.15) is 8.42 Å². The van der Waals surface area contributed by atoms with Gasteiger partial charge in [0.1, 0.15) is 29.1 Å². The molecule has 3 aromatic rings. The van der Waals surface area contributed by atoms with Crippen LogP contribution in [-0.4, -0.2) is 50.0 Å². The number of hydrogen-bond acceptors (Lipinski definition) is 8. The molecule has 3 aromatic carbocycles. The van der Waals surface area contributed by atoms with Gasteiger partial charge in [0.15, 0.2) is 0 Å². The maximum absolute atomic E-state index is 12.6. The third-order valence-corrected chi connectivity index (χ3v) is 7.12. The Kier molecular flexibility index (Phi) is 11.1. The van der Waals surface area contributed by atoms with Gasteiger partial charge in [-0.15, -0.1) is 11.8 Å². The molecule has 1 N–H and O–H groups in total. The molecule has 0 fully saturated rings. The molecule has 3 rings (SSSR count). The monoisotopic (exact) mass is 556 g/mol. The number of ether oxygens (including phenoxy) is 2. The highest BCUT2D eigenvalue weighted by Crippen LogP contribution is 2.22. The van der Waals surface area contributed by atoms with Gasteiger partial charge in [-0.25, -0.2) is 0 Å². The summed E-state index contributed by atoms with van der Waals surface area (Å²) < 4.78 is 38.3. The molecule has 1 unspecified atom stereocenters. The number of thioether (sulfide) groups is 1. The van der Waals surface area contributed by atoms with E-state index in [-0.39, 0.29) is 29.3 Å². The summed E-state index contributed by atoms with van der Waals surface area (Å²) in [6.45, 7) is 4.25. The summed E-state index contributed by atoms with van der Waals surface area (Å²) in [5.41, 5.74) is 3.23. The Balaban J connectivity index is 1.50. The molecule has 7 nitrogen and oxygen atoms in total. The van der Waals surface area contributed by atoms with Crippen LogP contribution in [0.2, 0.25) is 0 Å². The first-order chi connectivity index (χ1) is 18.2. The quantitative estimate of drug-likeness (QED) is 0.159. The summed E-state index contributed by atoms with van der Waals surface area (Å²) in [7, 11) is -3.56. The van der Waals surface area contributed by atoms with Crippen LogP contribution >= 0.6 is 11.8 Å². The Bertz CT molecular complexity index is 1270. The Hall–Kier alpha value is -3.43. The Morgan fingerprint density at radius 1 is 0.921 bits per heavy atom. The number of esters is 1. The van der Waals surface area contributed by atoms with Gasteiger partial charge < -0.3 is 18.8 Å². The van der Waals surface area contributed by atoms with Crippen LogP contribution in [-0.2, 0) is 38.9 Å². The van der Waals surface area contributed by atoms with Crippen molar-refractivity contribution in [1.29, 1.82) is 0 Å². The van der Waals surface area contributed by atoms with Crippen LogP contribution in [0, 0.1) is 0 Å². The Morgan fingerprint density at radius 3 is 2.13 bits per heavy atom. The molecular weight excluding hydrogens is 524 g/mol. The van der Waals surface area contributed by atoms with E-state index in [1.54, 1.807) is 54.2 Å². The highest BCUT2D eigenvalue weighted by Gasteiger charge is 2.21. The molecule has 0 aliphatic carbocycles. The molecule has 0 saturated heterocycles. The summed E-state index contributed by atoms with van der Waals surface area (Å²) >= 11 is 1.56. The van der Waals surface area contributed by atoms with Crippen LogP contribution < -0.4 is 8.92 Å².